The summed E-state index contributed by atoms with van der Waals surface area (Å²) in [5.41, 5.74) is 5.30. The molecule has 4 heterocycles. The van der Waals surface area contributed by atoms with Crippen molar-refractivity contribution in [2.24, 2.45) is 0 Å². The predicted molar refractivity (Wildman–Crippen MR) is 142 cm³/mol. The second-order valence-electron chi connectivity index (χ2n) is 9.67. The molecule has 2 aliphatic heterocycles. The van der Waals surface area contributed by atoms with E-state index in [9.17, 15) is 4.79 Å². The van der Waals surface area contributed by atoms with Gasteiger partial charge in [0.25, 0.3) is 5.91 Å². The molecule has 4 aromatic rings. The molecule has 1 amide bonds. The molecule has 37 heavy (non-hydrogen) atoms. The molecule has 0 saturated carbocycles. The van der Waals surface area contributed by atoms with E-state index in [1.54, 1.807) is 12.1 Å². The van der Waals surface area contributed by atoms with Gasteiger partial charge < -0.3 is 14.4 Å². The normalized spacial score (nSPS) is 15.6. The Hall–Kier alpha value is -4.38. The summed E-state index contributed by atoms with van der Waals surface area (Å²) in [7, 11) is 0. The van der Waals surface area contributed by atoms with Gasteiger partial charge in [0, 0.05) is 44.4 Å². The van der Waals surface area contributed by atoms with Crippen LogP contribution in [-0.2, 0) is 13.0 Å². The third-order valence-corrected chi connectivity index (χ3v) is 7.38. The number of fused-ring (bicyclic) bond motifs is 1. The third kappa shape index (κ3) is 4.49. The average Bonchev–Trinajstić information content (AvgIpc) is 3.52. The largest absolute Gasteiger partial charge is 0.352 e. The number of anilines is 1. The Morgan fingerprint density at radius 2 is 1.68 bits per heavy atom. The van der Waals surface area contributed by atoms with E-state index >= 15 is 0 Å². The van der Waals surface area contributed by atoms with Crippen LogP contribution in [0.3, 0.4) is 0 Å². The standard InChI is InChI=1S/C29H29N7O/c30-20-21-10-12-22(13-11-21)24-19-26(33-32-24)34-15-17-35(18-16-34)29(37)27-25-9-5-2-6-14-36(25)28(31-27)23-7-3-1-4-8-23/h1,3-4,7-8,10-13,19H,2,5-6,9,14-18H2,(H,32,33). The minimum atomic E-state index is 0.0350. The summed E-state index contributed by atoms with van der Waals surface area (Å²) in [6.07, 6.45) is 4.28. The number of nitrogens with zero attached hydrogens (tertiary/aromatic N) is 6. The summed E-state index contributed by atoms with van der Waals surface area (Å²) in [4.78, 5) is 22.8. The van der Waals surface area contributed by atoms with E-state index < -0.39 is 0 Å². The van der Waals surface area contributed by atoms with Crippen LogP contribution in [-0.4, -0.2) is 56.7 Å². The number of rotatable bonds is 4. The van der Waals surface area contributed by atoms with Gasteiger partial charge in [0.1, 0.15) is 11.5 Å². The van der Waals surface area contributed by atoms with Crippen molar-refractivity contribution in [3.05, 3.63) is 77.6 Å². The van der Waals surface area contributed by atoms with Crippen LogP contribution in [0, 0.1) is 11.3 Å². The maximum atomic E-state index is 13.7. The van der Waals surface area contributed by atoms with Crippen molar-refractivity contribution < 1.29 is 4.79 Å². The van der Waals surface area contributed by atoms with Gasteiger partial charge in [-0.1, -0.05) is 48.9 Å². The highest BCUT2D eigenvalue weighted by atomic mass is 16.2. The number of nitriles is 1. The van der Waals surface area contributed by atoms with Gasteiger partial charge >= 0.3 is 0 Å². The molecule has 0 bridgehead atoms. The first-order valence-corrected chi connectivity index (χ1v) is 13.0. The van der Waals surface area contributed by atoms with Crippen LogP contribution in [0.1, 0.15) is 41.0 Å². The highest BCUT2D eigenvalue weighted by molar-refractivity contribution is 5.94. The van der Waals surface area contributed by atoms with Gasteiger partial charge in [0.2, 0.25) is 0 Å². The number of hydrogen-bond donors (Lipinski definition) is 1. The molecule has 0 atom stereocenters. The predicted octanol–water partition coefficient (Wildman–Crippen LogP) is 4.50. The molecule has 0 unspecified atom stereocenters. The molecular formula is C29H29N7O. The zero-order chi connectivity index (χ0) is 25.2. The lowest BCUT2D eigenvalue weighted by atomic mass is 10.1. The maximum absolute atomic E-state index is 13.7. The van der Waals surface area contributed by atoms with E-state index in [0.717, 1.165) is 60.0 Å². The Balaban J connectivity index is 1.18. The summed E-state index contributed by atoms with van der Waals surface area (Å²) in [6.45, 7) is 3.60. The minimum absolute atomic E-state index is 0.0350. The van der Waals surface area contributed by atoms with E-state index in [-0.39, 0.29) is 5.91 Å². The third-order valence-electron chi connectivity index (χ3n) is 7.38. The topological polar surface area (TPSA) is 93.8 Å². The van der Waals surface area contributed by atoms with E-state index in [2.05, 4.69) is 37.9 Å². The zero-order valence-corrected chi connectivity index (χ0v) is 20.7. The molecule has 186 valence electrons. The van der Waals surface area contributed by atoms with E-state index in [0.29, 0.717) is 37.4 Å². The number of carbonyl (C=O) groups excluding carboxylic acids is 1. The molecule has 2 aliphatic rings. The maximum Gasteiger partial charge on any atom is 0.274 e. The monoisotopic (exact) mass is 491 g/mol. The number of H-pyrrole nitrogens is 1. The van der Waals surface area contributed by atoms with Gasteiger partial charge in [0.05, 0.1) is 23.0 Å². The second kappa shape index (κ2) is 9.94. The quantitative estimate of drug-likeness (QED) is 0.454. The van der Waals surface area contributed by atoms with Gasteiger partial charge in [-0.3, -0.25) is 9.89 Å². The fourth-order valence-corrected chi connectivity index (χ4v) is 5.33. The van der Waals surface area contributed by atoms with Crippen molar-refractivity contribution in [3.63, 3.8) is 0 Å². The van der Waals surface area contributed by atoms with E-state index in [4.69, 9.17) is 10.2 Å². The molecule has 1 saturated heterocycles. The minimum Gasteiger partial charge on any atom is -0.352 e. The Kier molecular flexibility index (Phi) is 6.19. The molecule has 1 N–H and O–H groups in total. The van der Waals surface area contributed by atoms with Gasteiger partial charge in [-0.25, -0.2) is 4.98 Å². The Morgan fingerprint density at radius 1 is 0.892 bits per heavy atom. The smallest absolute Gasteiger partial charge is 0.274 e. The van der Waals surface area contributed by atoms with Gasteiger partial charge in [-0.15, -0.1) is 0 Å². The van der Waals surface area contributed by atoms with Crippen LogP contribution in [0.5, 0.6) is 0 Å². The van der Waals surface area contributed by atoms with Crippen LogP contribution in [0.4, 0.5) is 5.82 Å². The van der Waals surface area contributed by atoms with Crippen molar-refractivity contribution in [1.82, 2.24) is 24.6 Å². The summed E-state index contributed by atoms with van der Waals surface area (Å²) >= 11 is 0. The molecule has 0 spiro atoms. The van der Waals surface area contributed by atoms with Crippen LogP contribution in [0.25, 0.3) is 22.6 Å². The lowest BCUT2D eigenvalue weighted by Gasteiger charge is -2.34. The molecule has 8 nitrogen and oxygen atoms in total. The molecule has 6 rings (SSSR count). The molecule has 2 aromatic carbocycles. The van der Waals surface area contributed by atoms with Crippen molar-refractivity contribution >= 4 is 11.7 Å². The number of piperazine rings is 1. The Labute approximate surface area is 216 Å². The lowest BCUT2D eigenvalue weighted by Crippen LogP contribution is -2.49. The van der Waals surface area contributed by atoms with Crippen molar-refractivity contribution in [2.45, 2.75) is 32.2 Å². The molecule has 0 radical (unpaired) electrons. The first-order chi connectivity index (χ1) is 18.2. The highest BCUT2D eigenvalue weighted by Gasteiger charge is 2.30. The Bertz CT molecular complexity index is 1440. The van der Waals surface area contributed by atoms with Crippen molar-refractivity contribution in [2.75, 3.05) is 31.1 Å². The van der Waals surface area contributed by atoms with Crippen molar-refractivity contribution in [1.29, 1.82) is 5.26 Å². The summed E-state index contributed by atoms with van der Waals surface area (Å²) < 4.78 is 2.28. The number of imidazole rings is 1. The van der Waals surface area contributed by atoms with Crippen LogP contribution >= 0.6 is 0 Å². The Morgan fingerprint density at radius 3 is 2.43 bits per heavy atom. The molecule has 0 aliphatic carbocycles. The number of nitrogens with one attached hydrogen (secondary N) is 1. The number of aromatic amines is 1. The average molecular weight is 492 g/mol. The van der Waals surface area contributed by atoms with Crippen LogP contribution in [0.15, 0.2) is 60.7 Å². The van der Waals surface area contributed by atoms with E-state index in [1.807, 2.05) is 41.3 Å². The lowest BCUT2D eigenvalue weighted by molar-refractivity contribution is 0.0740. The van der Waals surface area contributed by atoms with Crippen LogP contribution < -0.4 is 4.90 Å². The molecular weight excluding hydrogens is 462 g/mol. The summed E-state index contributed by atoms with van der Waals surface area (Å²) in [5.74, 6) is 1.81. The SMILES string of the molecule is N#Cc1ccc(-c2cc(N3CCN(C(=O)c4nc(-c5ccccc5)n5c4CCCCC5)CC3)n[nH]2)cc1. The first-order valence-electron chi connectivity index (χ1n) is 13.0. The fourth-order valence-electron chi connectivity index (χ4n) is 5.33. The molecule has 2 aromatic heterocycles. The number of amides is 1. The number of carbonyl (C=O) groups is 1. The zero-order valence-electron chi connectivity index (χ0n) is 20.7. The summed E-state index contributed by atoms with van der Waals surface area (Å²) in [6, 6.07) is 21.8. The highest BCUT2D eigenvalue weighted by Crippen LogP contribution is 2.29. The van der Waals surface area contributed by atoms with Crippen molar-refractivity contribution in [3.8, 4) is 28.7 Å². The summed E-state index contributed by atoms with van der Waals surface area (Å²) in [5, 5.41) is 16.6. The number of hydrogen-bond acceptors (Lipinski definition) is 5. The number of aromatic nitrogens is 4. The van der Waals surface area contributed by atoms with Gasteiger partial charge in [-0.2, -0.15) is 10.4 Å². The number of benzene rings is 2. The van der Waals surface area contributed by atoms with E-state index in [1.165, 1.54) is 6.42 Å². The van der Waals surface area contributed by atoms with Gasteiger partial charge in [-0.05, 0) is 37.0 Å². The molecule has 1 fully saturated rings. The first kappa shape index (κ1) is 23.0. The van der Waals surface area contributed by atoms with Gasteiger partial charge in [0.15, 0.2) is 5.82 Å². The van der Waals surface area contributed by atoms with Crippen LogP contribution in [0.2, 0.25) is 0 Å². The molecule has 8 heteroatoms. The second-order valence-corrected chi connectivity index (χ2v) is 9.67. The fraction of sp³-hybridized carbons (Fsp3) is 0.310.